The molecule has 2 fully saturated rings. The van der Waals surface area contributed by atoms with Crippen LogP contribution in [0.25, 0.3) is 11.1 Å². The molecule has 0 spiro atoms. The van der Waals surface area contributed by atoms with E-state index in [0.717, 1.165) is 40.9 Å². The molecule has 0 bridgehead atoms. The highest BCUT2D eigenvalue weighted by Gasteiger charge is 2.50. The fraction of sp³-hybridized carbons (Fsp3) is 0.537. The second-order valence-corrected chi connectivity index (χ2v) is 15.6. The maximum Gasteiger partial charge on any atom is 0.251 e. The lowest BCUT2D eigenvalue weighted by Crippen LogP contribution is -2.55. The Morgan fingerprint density at radius 3 is 2.58 bits per heavy atom. The van der Waals surface area contributed by atoms with Crippen LogP contribution in [0.3, 0.4) is 0 Å². The molecule has 7 atom stereocenters. The number of hydroxylamine groups is 2. The highest BCUT2D eigenvalue weighted by molar-refractivity contribution is 5.97. The molecule has 5 rings (SSSR count). The molecular weight excluding hydrogens is 656 g/mol. The Morgan fingerprint density at radius 2 is 1.92 bits per heavy atom. The molecule has 0 unspecified atom stereocenters. The van der Waals surface area contributed by atoms with Crippen LogP contribution in [0.1, 0.15) is 69.1 Å². The van der Waals surface area contributed by atoms with Crippen LogP contribution in [0.2, 0.25) is 0 Å². The topological polar surface area (TPSA) is 142 Å². The number of hydrogen-bond acceptors (Lipinski definition) is 9. The number of nitrogens with two attached hydrogens (primary N) is 1. The molecule has 2 amide bonds. The van der Waals surface area contributed by atoms with Crippen LogP contribution in [-0.2, 0) is 22.6 Å². The van der Waals surface area contributed by atoms with Gasteiger partial charge in [-0.1, -0.05) is 52.0 Å². The van der Waals surface area contributed by atoms with Crippen molar-refractivity contribution in [1.82, 2.24) is 20.7 Å². The van der Waals surface area contributed by atoms with Gasteiger partial charge in [0.25, 0.3) is 5.91 Å². The Morgan fingerprint density at radius 1 is 1.15 bits per heavy atom. The number of amides is 2. The zero-order chi connectivity index (χ0) is 37.7. The first-order chi connectivity index (χ1) is 24.7. The van der Waals surface area contributed by atoms with Gasteiger partial charge in [0, 0.05) is 79.8 Å². The summed E-state index contributed by atoms with van der Waals surface area (Å²) >= 11 is 0. The molecule has 11 heteroatoms. The van der Waals surface area contributed by atoms with Crippen molar-refractivity contribution in [2.24, 2.45) is 28.9 Å². The van der Waals surface area contributed by atoms with E-state index < -0.39 is 24.2 Å². The van der Waals surface area contributed by atoms with Gasteiger partial charge in [0.15, 0.2) is 0 Å². The first-order valence-electron chi connectivity index (χ1n) is 18.5. The minimum absolute atomic E-state index is 0.0205. The number of hydrogen-bond donors (Lipinski definition) is 4. The molecule has 52 heavy (non-hydrogen) atoms. The molecule has 2 aliphatic rings. The molecule has 3 aromatic rings. The first kappa shape index (κ1) is 39.2. The average molecular weight is 715 g/mol. The zero-order valence-corrected chi connectivity index (χ0v) is 32.1. The summed E-state index contributed by atoms with van der Waals surface area (Å²) in [5.74, 6) is 0.483. The number of rotatable bonds is 13. The second kappa shape index (κ2) is 16.8. The van der Waals surface area contributed by atoms with Crippen LogP contribution in [-0.4, -0.2) is 85.6 Å². The molecule has 282 valence electrons. The van der Waals surface area contributed by atoms with Crippen molar-refractivity contribution < 1.29 is 24.3 Å². The Balaban J connectivity index is 1.42. The van der Waals surface area contributed by atoms with Gasteiger partial charge in [-0.05, 0) is 72.9 Å². The number of pyridine rings is 1. The molecule has 0 radical (unpaired) electrons. The molecule has 1 aliphatic heterocycles. The van der Waals surface area contributed by atoms with Crippen LogP contribution in [0.5, 0.6) is 5.75 Å². The molecule has 2 aromatic carbocycles. The van der Waals surface area contributed by atoms with Crippen molar-refractivity contribution in [2.45, 2.75) is 84.7 Å². The number of nitrogens with one attached hydrogen (secondary N) is 2. The van der Waals surface area contributed by atoms with Gasteiger partial charge >= 0.3 is 0 Å². The highest BCUT2D eigenvalue weighted by atomic mass is 16.7. The van der Waals surface area contributed by atoms with E-state index in [4.69, 9.17) is 15.3 Å². The van der Waals surface area contributed by atoms with Gasteiger partial charge in [0.05, 0.1) is 25.9 Å². The van der Waals surface area contributed by atoms with E-state index in [1.165, 1.54) is 0 Å². The molecule has 1 saturated heterocycles. The summed E-state index contributed by atoms with van der Waals surface area (Å²) in [6.07, 6.45) is 2.91. The largest absolute Gasteiger partial charge is 0.496 e. The fourth-order valence-electron chi connectivity index (χ4n) is 7.95. The van der Waals surface area contributed by atoms with Crippen molar-refractivity contribution in [3.63, 3.8) is 0 Å². The number of para-hydroxylation sites is 1. The van der Waals surface area contributed by atoms with E-state index >= 15 is 0 Å². The minimum Gasteiger partial charge on any atom is -0.496 e. The number of ether oxygens (including phenoxy) is 1. The first-order valence-corrected chi connectivity index (χ1v) is 18.5. The van der Waals surface area contributed by atoms with Crippen molar-refractivity contribution in [1.29, 1.82) is 0 Å². The summed E-state index contributed by atoms with van der Waals surface area (Å²) in [5, 5.41) is 19.0. The van der Waals surface area contributed by atoms with Gasteiger partial charge in [-0.2, -0.15) is 5.06 Å². The number of methoxy groups -OCH3 is 1. The molecule has 2 heterocycles. The number of anilines is 1. The third-order valence-corrected chi connectivity index (χ3v) is 11.3. The van der Waals surface area contributed by atoms with Crippen LogP contribution in [0, 0.1) is 23.2 Å². The maximum atomic E-state index is 14.2. The predicted molar refractivity (Wildman–Crippen MR) is 205 cm³/mol. The van der Waals surface area contributed by atoms with Crippen LogP contribution in [0.15, 0.2) is 60.8 Å². The van der Waals surface area contributed by atoms with E-state index in [1.807, 2.05) is 73.6 Å². The van der Waals surface area contributed by atoms with Crippen molar-refractivity contribution in [3.8, 4) is 16.9 Å². The van der Waals surface area contributed by atoms with Gasteiger partial charge in [0.2, 0.25) is 5.91 Å². The molecule has 5 N–H and O–H groups in total. The molecule has 1 aliphatic carbocycles. The van der Waals surface area contributed by atoms with E-state index in [1.54, 1.807) is 25.3 Å². The van der Waals surface area contributed by atoms with Gasteiger partial charge in [-0.25, -0.2) is 0 Å². The van der Waals surface area contributed by atoms with E-state index in [2.05, 4.69) is 43.3 Å². The van der Waals surface area contributed by atoms with E-state index in [9.17, 15) is 14.7 Å². The fourth-order valence-corrected chi connectivity index (χ4v) is 7.95. The normalized spacial score (nSPS) is 25.0. The number of aromatic nitrogens is 1. The maximum absolute atomic E-state index is 14.2. The summed E-state index contributed by atoms with van der Waals surface area (Å²) in [4.78, 5) is 40.4. The number of benzene rings is 2. The summed E-state index contributed by atoms with van der Waals surface area (Å²) in [6.45, 7) is 11.6. The Bertz CT molecular complexity index is 1680. The second-order valence-electron chi connectivity index (χ2n) is 15.6. The third kappa shape index (κ3) is 8.77. The smallest absolute Gasteiger partial charge is 0.251 e. The van der Waals surface area contributed by atoms with Gasteiger partial charge in [0.1, 0.15) is 11.8 Å². The lowest BCUT2D eigenvalue weighted by molar-refractivity contribution is -0.174. The Kier molecular flexibility index (Phi) is 12.6. The SMILES string of the molecule is COc1c(CN2O[C@@H](CN)[C@@H]([C@H](C)O)[C@H]2C(=O)N[C@H]2C[C@@H](C)C(C)(C)C[C@@H]2C)cccc1-c1cc(C(=O)NCCc2ccccn2)cc(N(C)C)c1. The van der Waals surface area contributed by atoms with Crippen LogP contribution in [0.4, 0.5) is 5.69 Å². The third-order valence-electron chi connectivity index (χ3n) is 11.3. The number of carbonyl (C=O) groups excluding carboxylic acids is 2. The summed E-state index contributed by atoms with van der Waals surface area (Å²) in [5.41, 5.74) is 11.1. The molecule has 1 saturated carbocycles. The van der Waals surface area contributed by atoms with Crippen molar-refractivity contribution in [2.75, 3.05) is 39.2 Å². The predicted octanol–water partition coefficient (Wildman–Crippen LogP) is 4.81. The zero-order valence-electron chi connectivity index (χ0n) is 32.1. The quantitative estimate of drug-likeness (QED) is 0.196. The number of aliphatic hydroxyl groups is 1. The van der Waals surface area contributed by atoms with Gasteiger partial charge in [-0.3, -0.25) is 19.4 Å². The van der Waals surface area contributed by atoms with E-state index in [-0.39, 0.29) is 36.4 Å². The van der Waals surface area contributed by atoms with Gasteiger partial charge < -0.3 is 31.1 Å². The monoisotopic (exact) mass is 714 g/mol. The van der Waals surface area contributed by atoms with Crippen molar-refractivity contribution in [3.05, 3.63) is 77.6 Å². The molecule has 11 nitrogen and oxygen atoms in total. The number of aliphatic hydroxyl groups excluding tert-OH is 1. The summed E-state index contributed by atoms with van der Waals surface area (Å²) in [6, 6.07) is 16.6. The van der Waals surface area contributed by atoms with E-state index in [0.29, 0.717) is 36.1 Å². The Hall–Kier alpha value is -4.03. The lowest BCUT2D eigenvalue weighted by atomic mass is 9.64. The number of carbonyl (C=O) groups is 2. The van der Waals surface area contributed by atoms with Crippen molar-refractivity contribution >= 4 is 17.5 Å². The minimum atomic E-state index is -0.827. The molecule has 1 aromatic heterocycles. The standard InChI is InChI=1S/C41H58N6O5/c1-25-22-41(4,5)26(2)18-34(25)45-40(50)37-36(27(3)48)35(23-42)52-47(37)24-28-12-11-14-33(38(28)51-8)29-19-30(21-32(20-29)46(6)7)39(49)44-17-15-31-13-9-10-16-43-31/h9-14,16,19-21,25-27,34-37,48H,15,17-18,22-24,42H2,1-8H3,(H,44,49)(H,45,50)/t25-,26+,27-,34-,35-,36+,37-/m0/s1. The average Bonchev–Trinajstić information content (AvgIpc) is 3.49. The van der Waals surface area contributed by atoms with Gasteiger partial charge in [-0.15, -0.1) is 0 Å². The summed E-state index contributed by atoms with van der Waals surface area (Å²) < 4.78 is 6.07. The summed E-state index contributed by atoms with van der Waals surface area (Å²) in [7, 11) is 5.49. The van der Waals surface area contributed by atoms with Crippen LogP contribution < -0.4 is 26.0 Å². The molecular formula is C41H58N6O5. The Labute approximate surface area is 309 Å². The lowest BCUT2D eigenvalue weighted by Gasteiger charge is -2.45. The van der Waals surface area contributed by atoms with Crippen LogP contribution >= 0.6 is 0 Å². The highest BCUT2D eigenvalue weighted by Crippen LogP contribution is 2.44. The number of nitrogens with zero attached hydrogens (tertiary/aromatic N) is 3.